The Balaban J connectivity index is 2.52. The average Bonchev–Trinajstić information content (AvgIpc) is 2.55. The van der Waals surface area contributed by atoms with Gasteiger partial charge in [-0.05, 0) is 6.07 Å². The zero-order valence-corrected chi connectivity index (χ0v) is 12.5. The second kappa shape index (κ2) is 6.65. The summed E-state index contributed by atoms with van der Waals surface area (Å²) >= 11 is 0. The smallest absolute Gasteiger partial charge is 0.299 e. The molecule has 0 aliphatic heterocycles. The van der Waals surface area contributed by atoms with Crippen LogP contribution in [0.3, 0.4) is 0 Å². The molecular formula is C15H14N4O4. The van der Waals surface area contributed by atoms with Gasteiger partial charge in [-0.2, -0.15) is 0 Å². The summed E-state index contributed by atoms with van der Waals surface area (Å²) in [7, 11) is 3.21. The van der Waals surface area contributed by atoms with Gasteiger partial charge in [0, 0.05) is 25.7 Å². The Morgan fingerprint density at radius 2 is 1.70 bits per heavy atom. The van der Waals surface area contributed by atoms with E-state index in [1.54, 1.807) is 14.1 Å². The van der Waals surface area contributed by atoms with Crippen LogP contribution < -0.4 is 4.90 Å². The van der Waals surface area contributed by atoms with Gasteiger partial charge in [0.2, 0.25) is 0 Å². The molecule has 0 unspecified atom stereocenters. The van der Waals surface area contributed by atoms with Crippen LogP contribution in [-0.2, 0) is 0 Å². The highest BCUT2D eigenvalue weighted by atomic mass is 16.6. The monoisotopic (exact) mass is 314 g/mol. The summed E-state index contributed by atoms with van der Waals surface area (Å²) in [4.78, 5) is 26.5. The van der Waals surface area contributed by atoms with E-state index in [9.17, 15) is 20.2 Å². The molecule has 0 fully saturated rings. The van der Waals surface area contributed by atoms with Crippen LogP contribution in [0, 0.1) is 20.2 Å². The maximum Gasteiger partial charge on any atom is 0.299 e. The molecule has 0 saturated carbocycles. The van der Waals surface area contributed by atoms with E-state index in [0.717, 1.165) is 11.6 Å². The third kappa shape index (κ3) is 3.31. The number of benzene rings is 2. The van der Waals surface area contributed by atoms with Gasteiger partial charge in [0.05, 0.1) is 15.9 Å². The molecule has 23 heavy (non-hydrogen) atoms. The molecule has 2 aromatic carbocycles. The van der Waals surface area contributed by atoms with Gasteiger partial charge in [0.15, 0.2) is 0 Å². The van der Waals surface area contributed by atoms with E-state index in [4.69, 9.17) is 0 Å². The highest BCUT2D eigenvalue weighted by Gasteiger charge is 2.24. The van der Waals surface area contributed by atoms with Gasteiger partial charge in [-0.25, -0.2) is 0 Å². The number of hydrogen-bond donors (Lipinski definition) is 0. The van der Waals surface area contributed by atoms with E-state index in [-0.39, 0.29) is 17.1 Å². The predicted octanol–water partition coefficient (Wildman–Crippen LogP) is 3.02. The lowest BCUT2D eigenvalue weighted by atomic mass is 10.1. The molecule has 8 nitrogen and oxygen atoms in total. The van der Waals surface area contributed by atoms with Gasteiger partial charge in [-0.3, -0.25) is 25.2 Å². The van der Waals surface area contributed by atoms with E-state index < -0.39 is 9.85 Å². The third-order valence-corrected chi connectivity index (χ3v) is 3.29. The first-order valence-electron chi connectivity index (χ1n) is 6.64. The first-order chi connectivity index (χ1) is 11.0. The van der Waals surface area contributed by atoms with E-state index in [0.29, 0.717) is 5.84 Å². The Morgan fingerprint density at radius 3 is 2.22 bits per heavy atom. The Bertz CT molecular complexity index is 774. The molecule has 0 aliphatic carbocycles. The standard InChI is InChI=1S/C15H14N4O4/c1-16-15(11-6-4-3-5-7-11)17(2)13-9-8-12(18(20)21)10-14(13)19(22)23/h3-10H,1-2H3. The molecule has 0 heterocycles. The van der Waals surface area contributed by atoms with Gasteiger partial charge >= 0.3 is 0 Å². The third-order valence-electron chi connectivity index (χ3n) is 3.29. The van der Waals surface area contributed by atoms with E-state index in [1.807, 2.05) is 30.3 Å². The molecule has 0 aliphatic rings. The minimum absolute atomic E-state index is 0.227. The molecule has 2 rings (SSSR count). The maximum absolute atomic E-state index is 11.3. The quantitative estimate of drug-likeness (QED) is 0.373. The summed E-state index contributed by atoms with van der Waals surface area (Å²) in [5.41, 5.74) is 0.331. The van der Waals surface area contributed by atoms with Gasteiger partial charge in [0.25, 0.3) is 11.4 Å². The molecule has 0 spiro atoms. The molecule has 2 aromatic rings. The molecule has 0 amide bonds. The number of anilines is 1. The van der Waals surface area contributed by atoms with Crippen molar-refractivity contribution in [3.05, 3.63) is 74.3 Å². The van der Waals surface area contributed by atoms with Crippen LogP contribution in [0.25, 0.3) is 0 Å². The maximum atomic E-state index is 11.3. The lowest BCUT2D eigenvalue weighted by Gasteiger charge is -2.21. The zero-order chi connectivity index (χ0) is 17.0. The number of nitro benzene ring substituents is 2. The van der Waals surface area contributed by atoms with Crippen molar-refractivity contribution in [2.75, 3.05) is 19.0 Å². The predicted molar refractivity (Wildman–Crippen MR) is 87.1 cm³/mol. The fourth-order valence-corrected chi connectivity index (χ4v) is 2.23. The normalized spacial score (nSPS) is 11.1. The van der Waals surface area contributed by atoms with Gasteiger partial charge < -0.3 is 4.90 Å². The van der Waals surface area contributed by atoms with Crippen LogP contribution in [0.2, 0.25) is 0 Å². The van der Waals surface area contributed by atoms with Crippen LogP contribution >= 0.6 is 0 Å². The molecule has 8 heteroatoms. The van der Waals surface area contributed by atoms with E-state index in [2.05, 4.69) is 4.99 Å². The first kappa shape index (κ1) is 16.1. The average molecular weight is 314 g/mol. The summed E-state index contributed by atoms with van der Waals surface area (Å²) in [6.45, 7) is 0. The summed E-state index contributed by atoms with van der Waals surface area (Å²) in [5, 5.41) is 22.1. The van der Waals surface area contributed by atoms with E-state index >= 15 is 0 Å². The van der Waals surface area contributed by atoms with Crippen molar-refractivity contribution in [1.82, 2.24) is 0 Å². The van der Waals surface area contributed by atoms with Crippen molar-refractivity contribution in [2.45, 2.75) is 0 Å². The summed E-state index contributed by atoms with van der Waals surface area (Å²) in [5.74, 6) is 0.516. The Kier molecular flexibility index (Phi) is 4.65. The number of non-ortho nitro benzene ring substituents is 1. The number of rotatable bonds is 4. The molecule has 0 aromatic heterocycles. The van der Waals surface area contributed by atoms with Crippen molar-refractivity contribution in [3.8, 4) is 0 Å². The molecule has 0 bridgehead atoms. The van der Waals surface area contributed by atoms with Crippen LogP contribution in [-0.4, -0.2) is 29.8 Å². The van der Waals surface area contributed by atoms with Crippen molar-refractivity contribution >= 4 is 22.9 Å². The number of amidine groups is 1. The number of aliphatic imine (C=N–C) groups is 1. The van der Waals surface area contributed by atoms with Crippen molar-refractivity contribution in [2.24, 2.45) is 4.99 Å². The highest BCUT2D eigenvalue weighted by Crippen LogP contribution is 2.32. The van der Waals surface area contributed by atoms with Crippen LogP contribution in [0.1, 0.15) is 5.56 Å². The summed E-state index contributed by atoms with van der Waals surface area (Å²) in [6, 6.07) is 12.7. The Labute approximate surface area is 132 Å². The molecule has 0 radical (unpaired) electrons. The molecular weight excluding hydrogens is 300 g/mol. The number of nitrogens with zero attached hydrogens (tertiary/aromatic N) is 4. The second-order valence-electron chi connectivity index (χ2n) is 4.66. The van der Waals surface area contributed by atoms with Crippen LogP contribution in [0.5, 0.6) is 0 Å². The molecule has 118 valence electrons. The summed E-state index contributed by atoms with van der Waals surface area (Å²) in [6.07, 6.45) is 0. The SMILES string of the molecule is CN=C(c1ccccc1)N(C)c1ccc([N+](=O)[O-])cc1[N+](=O)[O-]. The van der Waals surface area contributed by atoms with Gasteiger partial charge in [0.1, 0.15) is 11.5 Å². The topological polar surface area (TPSA) is 102 Å². The summed E-state index contributed by atoms with van der Waals surface area (Å²) < 4.78 is 0. The zero-order valence-electron chi connectivity index (χ0n) is 12.5. The van der Waals surface area contributed by atoms with Crippen LogP contribution in [0.15, 0.2) is 53.5 Å². The van der Waals surface area contributed by atoms with Gasteiger partial charge in [-0.1, -0.05) is 30.3 Å². The van der Waals surface area contributed by atoms with Crippen molar-refractivity contribution in [1.29, 1.82) is 0 Å². The van der Waals surface area contributed by atoms with Crippen molar-refractivity contribution < 1.29 is 9.85 Å². The van der Waals surface area contributed by atoms with Crippen LogP contribution in [0.4, 0.5) is 17.1 Å². The fraction of sp³-hybridized carbons (Fsp3) is 0.133. The van der Waals surface area contributed by atoms with Gasteiger partial charge in [-0.15, -0.1) is 0 Å². The molecule has 0 N–H and O–H groups in total. The minimum atomic E-state index is -0.664. The van der Waals surface area contributed by atoms with E-state index in [1.165, 1.54) is 17.0 Å². The number of hydrogen-bond acceptors (Lipinski definition) is 5. The largest absolute Gasteiger partial charge is 0.324 e. The van der Waals surface area contributed by atoms with Crippen molar-refractivity contribution in [3.63, 3.8) is 0 Å². The second-order valence-corrected chi connectivity index (χ2v) is 4.66. The molecule has 0 saturated heterocycles. The molecule has 0 atom stereocenters. The Hall–Kier alpha value is -3.29. The Morgan fingerprint density at radius 1 is 1.04 bits per heavy atom. The highest BCUT2D eigenvalue weighted by molar-refractivity contribution is 6.10. The lowest BCUT2D eigenvalue weighted by molar-refractivity contribution is -0.393. The fourth-order valence-electron chi connectivity index (χ4n) is 2.23. The minimum Gasteiger partial charge on any atom is -0.324 e. The lowest BCUT2D eigenvalue weighted by Crippen LogP contribution is -2.28. The first-order valence-corrected chi connectivity index (χ1v) is 6.64. The number of nitro groups is 2.